The predicted octanol–water partition coefficient (Wildman–Crippen LogP) is 4.40. The number of hydrazone groups is 1. The molecule has 0 aliphatic carbocycles. The SMILES string of the molecule is O=C(COc1ccc(/C=N\NC(=O)c2ccc(F)cc2)cc1Cl)Nc1ccccc1F. The van der Waals surface area contributed by atoms with Gasteiger partial charge in [0.1, 0.15) is 17.4 Å². The van der Waals surface area contributed by atoms with Gasteiger partial charge in [0.15, 0.2) is 6.61 Å². The molecule has 6 nitrogen and oxygen atoms in total. The lowest BCUT2D eigenvalue weighted by atomic mass is 10.2. The maximum absolute atomic E-state index is 13.6. The number of halogens is 3. The third kappa shape index (κ3) is 6.35. The first kappa shape index (κ1) is 21.9. The zero-order valence-corrected chi connectivity index (χ0v) is 16.7. The molecule has 0 aliphatic rings. The summed E-state index contributed by atoms with van der Waals surface area (Å²) in [5.74, 6) is -1.79. The number of hydrogen-bond acceptors (Lipinski definition) is 4. The molecule has 0 radical (unpaired) electrons. The molecule has 3 aromatic rings. The standard InChI is InChI=1S/C22H16ClF2N3O3/c23-17-11-14(12-26-28-22(30)15-6-8-16(24)9-7-15)5-10-20(17)31-13-21(29)27-19-4-2-1-3-18(19)25/h1-12H,13H2,(H,27,29)(H,28,30)/b26-12-. The normalized spacial score (nSPS) is 10.7. The lowest BCUT2D eigenvalue weighted by molar-refractivity contribution is -0.118. The van der Waals surface area contributed by atoms with Crippen molar-refractivity contribution in [1.82, 2.24) is 5.43 Å². The fraction of sp³-hybridized carbons (Fsp3) is 0.0455. The molecule has 0 saturated heterocycles. The molecule has 158 valence electrons. The van der Waals surface area contributed by atoms with Crippen molar-refractivity contribution in [1.29, 1.82) is 0 Å². The number of anilines is 1. The molecule has 0 bridgehead atoms. The second kappa shape index (κ2) is 10.3. The highest BCUT2D eigenvalue weighted by Crippen LogP contribution is 2.25. The van der Waals surface area contributed by atoms with E-state index in [0.29, 0.717) is 5.56 Å². The topological polar surface area (TPSA) is 79.8 Å². The van der Waals surface area contributed by atoms with E-state index in [4.69, 9.17) is 16.3 Å². The Balaban J connectivity index is 1.52. The highest BCUT2D eigenvalue weighted by molar-refractivity contribution is 6.32. The van der Waals surface area contributed by atoms with Gasteiger partial charge >= 0.3 is 0 Å². The van der Waals surface area contributed by atoms with Crippen LogP contribution in [-0.4, -0.2) is 24.6 Å². The highest BCUT2D eigenvalue weighted by atomic mass is 35.5. The van der Waals surface area contributed by atoms with E-state index in [2.05, 4.69) is 15.8 Å². The number of para-hydroxylation sites is 1. The van der Waals surface area contributed by atoms with Crippen LogP contribution in [0.1, 0.15) is 15.9 Å². The first-order valence-electron chi connectivity index (χ1n) is 8.98. The van der Waals surface area contributed by atoms with Crippen LogP contribution in [0.5, 0.6) is 5.75 Å². The Labute approximate surface area is 181 Å². The van der Waals surface area contributed by atoms with Crippen LogP contribution in [0.3, 0.4) is 0 Å². The second-order valence-electron chi connectivity index (χ2n) is 6.21. The molecule has 0 heterocycles. The number of nitrogens with zero attached hydrogens (tertiary/aromatic N) is 1. The Morgan fingerprint density at radius 2 is 1.77 bits per heavy atom. The number of nitrogens with one attached hydrogen (secondary N) is 2. The summed E-state index contributed by atoms with van der Waals surface area (Å²) in [6.45, 7) is -0.366. The predicted molar refractivity (Wildman–Crippen MR) is 113 cm³/mol. The minimum Gasteiger partial charge on any atom is -0.482 e. The molecule has 0 aromatic heterocycles. The molecule has 2 amide bonds. The first-order chi connectivity index (χ1) is 14.9. The molecule has 0 saturated carbocycles. The number of amides is 2. The molecule has 2 N–H and O–H groups in total. The summed E-state index contributed by atoms with van der Waals surface area (Å²) in [6, 6.07) is 15.5. The number of carbonyl (C=O) groups excluding carboxylic acids is 2. The average molecular weight is 444 g/mol. The van der Waals surface area contributed by atoms with Crippen LogP contribution in [0, 0.1) is 11.6 Å². The molecule has 0 unspecified atom stereocenters. The second-order valence-corrected chi connectivity index (χ2v) is 6.62. The Hall–Kier alpha value is -3.78. The van der Waals surface area contributed by atoms with E-state index in [-0.39, 0.29) is 28.6 Å². The van der Waals surface area contributed by atoms with Gasteiger partial charge in [0, 0.05) is 5.56 Å². The smallest absolute Gasteiger partial charge is 0.271 e. The molecule has 0 atom stereocenters. The number of rotatable bonds is 7. The number of benzene rings is 3. The van der Waals surface area contributed by atoms with Crippen LogP contribution in [0.2, 0.25) is 5.02 Å². The van der Waals surface area contributed by atoms with Crippen LogP contribution in [-0.2, 0) is 4.79 Å². The van der Waals surface area contributed by atoms with E-state index < -0.39 is 23.4 Å². The van der Waals surface area contributed by atoms with Crippen molar-refractivity contribution in [3.8, 4) is 5.75 Å². The Bertz CT molecular complexity index is 1120. The molecule has 31 heavy (non-hydrogen) atoms. The van der Waals surface area contributed by atoms with Gasteiger partial charge in [-0.2, -0.15) is 5.10 Å². The summed E-state index contributed by atoms with van der Waals surface area (Å²) >= 11 is 6.15. The summed E-state index contributed by atoms with van der Waals surface area (Å²) in [7, 11) is 0. The molecule has 3 aromatic carbocycles. The summed E-state index contributed by atoms with van der Waals surface area (Å²) in [4.78, 5) is 23.8. The van der Waals surface area contributed by atoms with E-state index in [9.17, 15) is 18.4 Å². The van der Waals surface area contributed by atoms with Crippen molar-refractivity contribution in [2.75, 3.05) is 11.9 Å². The van der Waals surface area contributed by atoms with Gasteiger partial charge in [0.2, 0.25) is 0 Å². The zero-order valence-electron chi connectivity index (χ0n) is 15.9. The Morgan fingerprint density at radius 3 is 2.48 bits per heavy atom. The molecular weight excluding hydrogens is 428 g/mol. The van der Waals surface area contributed by atoms with Gasteiger partial charge in [-0.15, -0.1) is 0 Å². The average Bonchev–Trinajstić information content (AvgIpc) is 2.75. The minimum atomic E-state index is -0.552. The van der Waals surface area contributed by atoms with Crippen molar-refractivity contribution in [2.24, 2.45) is 5.10 Å². The summed E-state index contributed by atoms with van der Waals surface area (Å²) in [6.07, 6.45) is 1.36. The van der Waals surface area contributed by atoms with E-state index in [1.807, 2.05) is 0 Å². The van der Waals surface area contributed by atoms with E-state index in [1.54, 1.807) is 12.1 Å². The van der Waals surface area contributed by atoms with Gasteiger partial charge in [-0.1, -0.05) is 23.7 Å². The van der Waals surface area contributed by atoms with Crippen molar-refractivity contribution >= 4 is 35.3 Å². The van der Waals surface area contributed by atoms with Crippen LogP contribution in [0.25, 0.3) is 0 Å². The fourth-order valence-corrected chi connectivity index (χ4v) is 2.68. The van der Waals surface area contributed by atoms with Crippen LogP contribution >= 0.6 is 11.6 Å². The van der Waals surface area contributed by atoms with Crippen LogP contribution in [0.15, 0.2) is 71.8 Å². The molecule has 0 fully saturated rings. The van der Waals surface area contributed by atoms with Crippen LogP contribution in [0.4, 0.5) is 14.5 Å². The number of hydrogen-bond donors (Lipinski definition) is 2. The van der Waals surface area contributed by atoms with Gasteiger partial charge in [-0.25, -0.2) is 14.2 Å². The monoisotopic (exact) mass is 443 g/mol. The Kier molecular flexibility index (Phi) is 7.29. The maximum Gasteiger partial charge on any atom is 0.271 e. The molecular formula is C22H16ClF2N3O3. The number of ether oxygens (including phenoxy) is 1. The van der Waals surface area contributed by atoms with Gasteiger partial charge in [-0.05, 0) is 60.2 Å². The third-order valence-electron chi connectivity index (χ3n) is 3.95. The summed E-state index contributed by atoms with van der Waals surface area (Å²) in [5.41, 5.74) is 3.19. The third-order valence-corrected chi connectivity index (χ3v) is 4.24. The molecule has 0 spiro atoms. The van der Waals surface area contributed by atoms with Crippen molar-refractivity contribution in [2.45, 2.75) is 0 Å². The quantitative estimate of drug-likeness (QED) is 0.419. The van der Waals surface area contributed by atoms with Crippen molar-refractivity contribution < 1.29 is 23.1 Å². The van der Waals surface area contributed by atoms with Crippen molar-refractivity contribution in [3.05, 3.63) is 94.5 Å². The summed E-state index contributed by atoms with van der Waals surface area (Å²) in [5, 5.41) is 6.44. The first-order valence-corrected chi connectivity index (χ1v) is 9.36. The van der Waals surface area contributed by atoms with Gasteiger partial charge in [0.05, 0.1) is 16.9 Å². The van der Waals surface area contributed by atoms with E-state index in [1.165, 1.54) is 60.8 Å². The molecule has 0 aliphatic heterocycles. The summed E-state index contributed by atoms with van der Waals surface area (Å²) < 4.78 is 31.8. The van der Waals surface area contributed by atoms with Gasteiger partial charge in [0.25, 0.3) is 11.8 Å². The van der Waals surface area contributed by atoms with Crippen LogP contribution < -0.4 is 15.5 Å². The van der Waals surface area contributed by atoms with Gasteiger partial charge < -0.3 is 10.1 Å². The fourth-order valence-electron chi connectivity index (χ4n) is 2.44. The highest BCUT2D eigenvalue weighted by Gasteiger charge is 2.09. The largest absolute Gasteiger partial charge is 0.482 e. The minimum absolute atomic E-state index is 0.0523. The van der Waals surface area contributed by atoms with E-state index >= 15 is 0 Å². The van der Waals surface area contributed by atoms with Crippen molar-refractivity contribution in [3.63, 3.8) is 0 Å². The zero-order chi connectivity index (χ0) is 22.2. The van der Waals surface area contributed by atoms with E-state index in [0.717, 1.165) is 0 Å². The maximum atomic E-state index is 13.6. The molecule has 9 heteroatoms. The lowest BCUT2D eigenvalue weighted by Crippen LogP contribution is -2.20. The number of carbonyl (C=O) groups is 2. The molecule has 3 rings (SSSR count). The Morgan fingerprint density at radius 1 is 1.03 bits per heavy atom. The lowest BCUT2D eigenvalue weighted by Gasteiger charge is -2.09. The van der Waals surface area contributed by atoms with Gasteiger partial charge in [-0.3, -0.25) is 9.59 Å².